The van der Waals surface area contributed by atoms with Gasteiger partial charge in [0.1, 0.15) is 11.6 Å². The van der Waals surface area contributed by atoms with E-state index < -0.39 is 11.6 Å². The third-order valence-electron chi connectivity index (χ3n) is 2.37. The fraction of sp³-hybridized carbons (Fsp3) is 0.0833. The molecule has 0 radical (unpaired) electrons. The highest BCUT2D eigenvalue weighted by molar-refractivity contribution is 9.10. The Hall–Kier alpha value is -1.49. The second-order valence-corrected chi connectivity index (χ2v) is 4.34. The highest BCUT2D eigenvalue weighted by atomic mass is 79.9. The van der Waals surface area contributed by atoms with Gasteiger partial charge in [-0.1, -0.05) is 6.07 Å². The van der Waals surface area contributed by atoms with Crippen molar-refractivity contribution >= 4 is 15.9 Å². The number of rotatable bonds is 2. The normalized spacial score (nSPS) is 10.5. The van der Waals surface area contributed by atoms with E-state index in [-0.39, 0.29) is 22.1 Å². The maximum atomic E-state index is 13.7. The van der Waals surface area contributed by atoms with Gasteiger partial charge in [0.05, 0.1) is 11.0 Å². The zero-order valence-corrected chi connectivity index (χ0v) is 10.2. The fourth-order valence-electron chi connectivity index (χ4n) is 1.48. The molecule has 0 unspecified atom stereocenters. The molecule has 0 aliphatic carbocycles. The number of halogens is 3. The molecule has 1 heterocycles. The van der Waals surface area contributed by atoms with E-state index in [1.807, 2.05) is 0 Å². The molecule has 2 nitrogen and oxygen atoms in total. The van der Waals surface area contributed by atoms with Gasteiger partial charge in [-0.3, -0.25) is 4.79 Å². The zero-order valence-electron chi connectivity index (χ0n) is 8.66. The summed E-state index contributed by atoms with van der Waals surface area (Å²) in [5, 5.41) is 0. The predicted molar refractivity (Wildman–Crippen MR) is 63.9 cm³/mol. The van der Waals surface area contributed by atoms with E-state index in [0.717, 1.165) is 6.07 Å². The van der Waals surface area contributed by atoms with Gasteiger partial charge in [-0.15, -0.1) is 0 Å². The molecule has 0 saturated carbocycles. The quantitative estimate of drug-likeness (QED) is 0.782. The highest BCUT2D eigenvalue weighted by Crippen LogP contribution is 2.21. The monoisotopic (exact) mass is 299 g/mol. The summed E-state index contributed by atoms with van der Waals surface area (Å²) in [4.78, 5) is 11.4. The van der Waals surface area contributed by atoms with E-state index in [4.69, 9.17) is 0 Å². The number of hydrogen-bond acceptors (Lipinski definition) is 1. The number of hydrogen-bond donors (Lipinski definition) is 0. The van der Waals surface area contributed by atoms with Crippen LogP contribution in [0, 0.1) is 11.6 Å². The Morgan fingerprint density at radius 3 is 2.65 bits per heavy atom. The SMILES string of the molecule is O=c1ccccn1Cc1c(F)ccc(Br)c1F. The molecule has 0 spiro atoms. The van der Waals surface area contributed by atoms with Crippen LogP contribution in [0.2, 0.25) is 0 Å². The molecule has 0 atom stereocenters. The van der Waals surface area contributed by atoms with Crippen LogP contribution in [0.4, 0.5) is 8.78 Å². The molecule has 5 heteroatoms. The Morgan fingerprint density at radius 1 is 1.18 bits per heavy atom. The summed E-state index contributed by atoms with van der Waals surface area (Å²) in [5.41, 5.74) is -0.432. The smallest absolute Gasteiger partial charge is 0.250 e. The van der Waals surface area contributed by atoms with Crippen LogP contribution in [0.25, 0.3) is 0 Å². The van der Waals surface area contributed by atoms with Crippen LogP contribution in [0.5, 0.6) is 0 Å². The van der Waals surface area contributed by atoms with Crippen molar-refractivity contribution in [2.75, 3.05) is 0 Å². The Kier molecular flexibility index (Phi) is 3.38. The van der Waals surface area contributed by atoms with Gasteiger partial charge in [0.15, 0.2) is 0 Å². The lowest BCUT2D eigenvalue weighted by Gasteiger charge is -2.08. The Bertz CT molecular complexity index is 610. The first-order valence-corrected chi connectivity index (χ1v) is 5.67. The summed E-state index contributed by atoms with van der Waals surface area (Å²) >= 11 is 2.98. The first-order chi connectivity index (χ1) is 8.09. The summed E-state index contributed by atoms with van der Waals surface area (Å²) in [7, 11) is 0. The minimum atomic E-state index is -0.680. The zero-order chi connectivity index (χ0) is 12.4. The number of aromatic nitrogens is 1. The topological polar surface area (TPSA) is 22.0 Å². The van der Waals surface area contributed by atoms with Crippen molar-refractivity contribution in [3.8, 4) is 0 Å². The average Bonchev–Trinajstić information content (AvgIpc) is 2.32. The number of nitrogens with zero attached hydrogens (tertiary/aromatic N) is 1. The van der Waals surface area contributed by atoms with Crippen LogP contribution in [0.15, 0.2) is 45.8 Å². The van der Waals surface area contributed by atoms with E-state index in [9.17, 15) is 13.6 Å². The second-order valence-electron chi connectivity index (χ2n) is 3.49. The van der Waals surface area contributed by atoms with E-state index >= 15 is 0 Å². The molecule has 2 aromatic rings. The molecule has 0 fully saturated rings. The summed E-state index contributed by atoms with van der Waals surface area (Å²) in [6, 6.07) is 7.01. The summed E-state index contributed by atoms with van der Waals surface area (Å²) < 4.78 is 28.6. The summed E-state index contributed by atoms with van der Waals surface area (Å²) in [5.74, 6) is -1.35. The van der Waals surface area contributed by atoms with Crippen molar-refractivity contribution in [2.24, 2.45) is 0 Å². The Balaban J connectivity index is 2.47. The van der Waals surface area contributed by atoms with Crippen LogP contribution in [0.3, 0.4) is 0 Å². The minimum Gasteiger partial charge on any atom is -0.311 e. The van der Waals surface area contributed by atoms with Crippen LogP contribution in [-0.2, 0) is 6.54 Å². The lowest BCUT2D eigenvalue weighted by atomic mass is 10.2. The molecule has 17 heavy (non-hydrogen) atoms. The van der Waals surface area contributed by atoms with Crippen LogP contribution in [-0.4, -0.2) is 4.57 Å². The van der Waals surface area contributed by atoms with E-state index in [1.165, 1.54) is 22.9 Å². The summed E-state index contributed by atoms with van der Waals surface area (Å²) in [6.07, 6.45) is 1.49. The molecule has 1 aromatic carbocycles. The second kappa shape index (κ2) is 4.79. The molecule has 1 aromatic heterocycles. The van der Waals surface area contributed by atoms with Crippen molar-refractivity contribution < 1.29 is 8.78 Å². The van der Waals surface area contributed by atoms with Gasteiger partial charge < -0.3 is 4.57 Å². The van der Waals surface area contributed by atoms with Crippen molar-refractivity contribution in [1.29, 1.82) is 0 Å². The largest absolute Gasteiger partial charge is 0.311 e. The van der Waals surface area contributed by atoms with E-state index in [1.54, 1.807) is 12.1 Å². The molecule has 0 saturated heterocycles. The summed E-state index contributed by atoms with van der Waals surface area (Å²) in [6.45, 7) is -0.128. The van der Waals surface area contributed by atoms with Gasteiger partial charge in [0.2, 0.25) is 0 Å². The van der Waals surface area contributed by atoms with Crippen molar-refractivity contribution in [1.82, 2.24) is 4.57 Å². The van der Waals surface area contributed by atoms with Gasteiger partial charge in [0, 0.05) is 17.8 Å². The van der Waals surface area contributed by atoms with Gasteiger partial charge in [-0.25, -0.2) is 8.78 Å². The maximum absolute atomic E-state index is 13.7. The van der Waals surface area contributed by atoms with Crippen molar-refractivity contribution in [3.05, 3.63) is 68.6 Å². The number of pyridine rings is 1. The fourth-order valence-corrected chi connectivity index (χ4v) is 1.85. The molecular formula is C12H8BrF2NO. The molecule has 88 valence electrons. The molecule has 0 aliphatic rings. The molecule has 0 N–H and O–H groups in total. The van der Waals surface area contributed by atoms with E-state index in [2.05, 4.69) is 15.9 Å². The molecular weight excluding hydrogens is 292 g/mol. The van der Waals surface area contributed by atoms with Crippen molar-refractivity contribution in [2.45, 2.75) is 6.54 Å². The Labute approximate surface area is 105 Å². The lowest BCUT2D eigenvalue weighted by molar-refractivity contribution is 0.538. The highest BCUT2D eigenvalue weighted by Gasteiger charge is 2.12. The average molecular weight is 300 g/mol. The standard InChI is InChI=1S/C12H8BrF2NO/c13-9-4-5-10(14)8(12(9)15)7-16-6-2-1-3-11(16)17/h1-6H,7H2. The lowest BCUT2D eigenvalue weighted by Crippen LogP contribution is -2.19. The molecule has 2 rings (SSSR count). The first-order valence-electron chi connectivity index (χ1n) is 4.87. The third-order valence-corrected chi connectivity index (χ3v) is 2.98. The third kappa shape index (κ3) is 2.44. The predicted octanol–water partition coefficient (Wildman–Crippen LogP) is 2.94. The van der Waals surface area contributed by atoms with Gasteiger partial charge in [-0.2, -0.15) is 0 Å². The molecule has 0 amide bonds. The minimum absolute atomic E-state index is 0.128. The van der Waals surface area contributed by atoms with E-state index in [0.29, 0.717) is 0 Å². The van der Waals surface area contributed by atoms with Gasteiger partial charge in [-0.05, 0) is 34.1 Å². The number of benzene rings is 1. The van der Waals surface area contributed by atoms with Gasteiger partial charge in [0.25, 0.3) is 5.56 Å². The molecule has 0 aliphatic heterocycles. The van der Waals surface area contributed by atoms with Crippen molar-refractivity contribution in [3.63, 3.8) is 0 Å². The van der Waals surface area contributed by atoms with Crippen LogP contribution in [0.1, 0.15) is 5.56 Å². The Morgan fingerprint density at radius 2 is 1.94 bits per heavy atom. The first kappa shape index (κ1) is 12.0. The van der Waals surface area contributed by atoms with Crippen LogP contribution < -0.4 is 5.56 Å². The van der Waals surface area contributed by atoms with Crippen LogP contribution >= 0.6 is 15.9 Å². The van der Waals surface area contributed by atoms with Gasteiger partial charge >= 0.3 is 0 Å². The molecule has 0 bridgehead atoms. The maximum Gasteiger partial charge on any atom is 0.250 e.